The number of nitrogens with one attached hydrogen (secondary N) is 1. The topological polar surface area (TPSA) is 21.3 Å². The fourth-order valence-corrected chi connectivity index (χ4v) is 2.10. The van der Waals surface area contributed by atoms with Crippen molar-refractivity contribution < 1.29 is 17.9 Å². The zero-order valence-electron chi connectivity index (χ0n) is 9.65. The molecule has 1 heterocycles. The van der Waals surface area contributed by atoms with E-state index in [1.165, 1.54) is 0 Å². The van der Waals surface area contributed by atoms with Gasteiger partial charge in [-0.05, 0) is 31.7 Å². The highest BCUT2D eigenvalue weighted by Gasteiger charge is 2.29. The average Bonchev–Trinajstić information content (AvgIpc) is 2.66. The lowest BCUT2D eigenvalue weighted by molar-refractivity contribution is -0.136. The second-order valence-electron chi connectivity index (χ2n) is 4.37. The maximum Gasteiger partial charge on any atom is 0.389 e. The highest BCUT2D eigenvalue weighted by Crippen LogP contribution is 2.25. The molecule has 0 saturated carbocycles. The largest absolute Gasteiger partial charge is 0.389 e. The zero-order chi connectivity index (χ0) is 12.0. The van der Waals surface area contributed by atoms with Gasteiger partial charge in [0.1, 0.15) is 0 Å². The summed E-state index contributed by atoms with van der Waals surface area (Å²) in [5.41, 5.74) is 0. The molecule has 0 amide bonds. The predicted molar refractivity (Wildman–Crippen MR) is 56.3 cm³/mol. The van der Waals surface area contributed by atoms with Crippen molar-refractivity contribution in [2.75, 3.05) is 19.8 Å². The molecule has 0 aliphatic carbocycles. The van der Waals surface area contributed by atoms with Gasteiger partial charge in [0.05, 0.1) is 0 Å². The van der Waals surface area contributed by atoms with Gasteiger partial charge in [0, 0.05) is 25.7 Å². The molecule has 2 atom stereocenters. The maximum absolute atomic E-state index is 12.1. The Morgan fingerprint density at radius 2 is 2.19 bits per heavy atom. The second kappa shape index (κ2) is 6.45. The first-order valence-electron chi connectivity index (χ1n) is 5.89. The number of rotatable bonds is 6. The van der Waals surface area contributed by atoms with Gasteiger partial charge in [-0.25, -0.2) is 0 Å². The fraction of sp³-hybridized carbons (Fsp3) is 1.00. The molecule has 0 aromatic rings. The summed E-state index contributed by atoms with van der Waals surface area (Å²) in [5, 5.41) is 3.13. The summed E-state index contributed by atoms with van der Waals surface area (Å²) in [4.78, 5) is 0. The van der Waals surface area contributed by atoms with Crippen molar-refractivity contribution >= 4 is 0 Å². The van der Waals surface area contributed by atoms with E-state index in [2.05, 4.69) is 5.32 Å². The molecule has 1 fully saturated rings. The summed E-state index contributed by atoms with van der Waals surface area (Å²) in [5.74, 6) is 0.428. The van der Waals surface area contributed by atoms with Gasteiger partial charge >= 0.3 is 6.18 Å². The van der Waals surface area contributed by atoms with Gasteiger partial charge in [-0.2, -0.15) is 13.2 Å². The Bertz CT molecular complexity index is 190. The first kappa shape index (κ1) is 13.8. The van der Waals surface area contributed by atoms with Crippen LogP contribution in [0.25, 0.3) is 0 Å². The van der Waals surface area contributed by atoms with Crippen LogP contribution < -0.4 is 5.32 Å². The number of alkyl halides is 3. The maximum atomic E-state index is 12.1. The van der Waals surface area contributed by atoms with Gasteiger partial charge in [-0.15, -0.1) is 0 Å². The molecule has 5 heteroatoms. The van der Waals surface area contributed by atoms with Crippen molar-refractivity contribution in [2.24, 2.45) is 5.92 Å². The van der Waals surface area contributed by atoms with Crippen molar-refractivity contribution in [1.29, 1.82) is 0 Å². The molecule has 0 radical (unpaired) electrons. The minimum Gasteiger partial charge on any atom is -0.381 e. The third-order valence-electron chi connectivity index (χ3n) is 2.91. The van der Waals surface area contributed by atoms with Crippen LogP contribution in [0.3, 0.4) is 0 Å². The Kier molecular flexibility index (Phi) is 5.55. The minimum atomic E-state index is -4.04. The van der Waals surface area contributed by atoms with Crippen LogP contribution in [0, 0.1) is 5.92 Å². The lowest BCUT2D eigenvalue weighted by Crippen LogP contribution is -2.32. The van der Waals surface area contributed by atoms with Crippen molar-refractivity contribution in [3.8, 4) is 0 Å². The Hall–Kier alpha value is -0.290. The monoisotopic (exact) mass is 239 g/mol. The van der Waals surface area contributed by atoms with Crippen LogP contribution in [-0.2, 0) is 4.74 Å². The van der Waals surface area contributed by atoms with Crippen LogP contribution in [0.2, 0.25) is 0 Å². The number of ether oxygens (including phenoxy) is 1. The van der Waals surface area contributed by atoms with Gasteiger partial charge in [0.25, 0.3) is 0 Å². The lowest BCUT2D eigenvalue weighted by atomic mass is 9.96. The van der Waals surface area contributed by atoms with Crippen LogP contribution in [0.1, 0.15) is 32.6 Å². The summed E-state index contributed by atoms with van der Waals surface area (Å²) >= 11 is 0. The molecular weight excluding hydrogens is 219 g/mol. The van der Waals surface area contributed by atoms with Crippen LogP contribution >= 0.6 is 0 Å². The number of halogens is 3. The van der Waals surface area contributed by atoms with Crippen molar-refractivity contribution in [3.05, 3.63) is 0 Å². The molecule has 1 rings (SSSR count). The second-order valence-corrected chi connectivity index (χ2v) is 4.37. The number of hydrogen-bond donors (Lipinski definition) is 1. The molecule has 0 aromatic carbocycles. The fourth-order valence-electron chi connectivity index (χ4n) is 2.10. The SMILES string of the molecule is CCNC(CCC(F)(F)F)CC1CCOC1. The Morgan fingerprint density at radius 3 is 2.69 bits per heavy atom. The van der Waals surface area contributed by atoms with E-state index in [1.54, 1.807) is 0 Å². The molecule has 1 N–H and O–H groups in total. The van der Waals surface area contributed by atoms with E-state index >= 15 is 0 Å². The molecule has 1 aliphatic heterocycles. The summed E-state index contributed by atoms with van der Waals surface area (Å²) in [6.45, 7) is 4.10. The van der Waals surface area contributed by atoms with E-state index in [-0.39, 0.29) is 12.5 Å². The quantitative estimate of drug-likeness (QED) is 0.769. The minimum absolute atomic E-state index is 0.0293. The van der Waals surface area contributed by atoms with Crippen LogP contribution in [0.5, 0.6) is 0 Å². The number of hydrogen-bond acceptors (Lipinski definition) is 2. The first-order valence-corrected chi connectivity index (χ1v) is 5.89. The Labute approximate surface area is 94.5 Å². The molecule has 0 spiro atoms. The molecular formula is C11H20F3NO. The summed E-state index contributed by atoms with van der Waals surface area (Å²) in [6.07, 6.45) is -2.79. The zero-order valence-corrected chi connectivity index (χ0v) is 9.65. The van der Waals surface area contributed by atoms with E-state index in [1.807, 2.05) is 6.92 Å². The van der Waals surface area contributed by atoms with Crippen molar-refractivity contribution in [1.82, 2.24) is 5.32 Å². The van der Waals surface area contributed by atoms with Gasteiger partial charge in [0.15, 0.2) is 0 Å². The molecule has 96 valence electrons. The summed E-state index contributed by atoms with van der Waals surface area (Å²) < 4.78 is 41.6. The van der Waals surface area contributed by atoms with E-state index < -0.39 is 12.6 Å². The Balaban J connectivity index is 2.28. The predicted octanol–water partition coefficient (Wildman–Crippen LogP) is 2.73. The normalized spacial score (nSPS) is 23.6. The highest BCUT2D eigenvalue weighted by molar-refractivity contribution is 4.75. The molecule has 2 nitrogen and oxygen atoms in total. The third kappa shape index (κ3) is 5.70. The van der Waals surface area contributed by atoms with Gasteiger partial charge in [-0.3, -0.25) is 0 Å². The molecule has 2 unspecified atom stereocenters. The molecule has 1 saturated heterocycles. The Morgan fingerprint density at radius 1 is 1.44 bits per heavy atom. The highest BCUT2D eigenvalue weighted by atomic mass is 19.4. The average molecular weight is 239 g/mol. The van der Waals surface area contributed by atoms with E-state index in [0.717, 1.165) is 26.0 Å². The molecule has 0 bridgehead atoms. The molecule has 16 heavy (non-hydrogen) atoms. The van der Waals surface area contributed by atoms with Crippen molar-refractivity contribution in [2.45, 2.75) is 44.8 Å². The lowest BCUT2D eigenvalue weighted by Gasteiger charge is -2.21. The third-order valence-corrected chi connectivity index (χ3v) is 2.91. The van der Waals surface area contributed by atoms with Crippen LogP contribution in [0.15, 0.2) is 0 Å². The molecule has 1 aliphatic rings. The van der Waals surface area contributed by atoms with E-state index in [9.17, 15) is 13.2 Å². The van der Waals surface area contributed by atoms with E-state index in [4.69, 9.17) is 4.74 Å². The van der Waals surface area contributed by atoms with Crippen molar-refractivity contribution in [3.63, 3.8) is 0 Å². The smallest absolute Gasteiger partial charge is 0.381 e. The summed E-state index contributed by atoms with van der Waals surface area (Å²) in [7, 11) is 0. The van der Waals surface area contributed by atoms with Gasteiger partial charge in [0.2, 0.25) is 0 Å². The summed E-state index contributed by atoms with van der Waals surface area (Å²) in [6, 6.07) is -0.0293. The van der Waals surface area contributed by atoms with Gasteiger partial charge in [-0.1, -0.05) is 6.92 Å². The van der Waals surface area contributed by atoms with E-state index in [0.29, 0.717) is 12.5 Å². The molecule has 0 aromatic heterocycles. The standard InChI is InChI=1S/C11H20F3NO/c1-2-15-10(3-5-11(12,13)14)7-9-4-6-16-8-9/h9-10,15H,2-8H2,1H3. The van der Waals surface area contributed by atoms with Crippen LogP contribution in [-0.4, -0.2) is 32.0 Å². The van der Waals surface area contributed by atoms with Gasteiger partial charge < -0.3 is 10.1 Å². The van der Waals surface area contributed by atoms with Crippen LogP contribution in [0.4, 0.5) is 13.2 Å². The first-order chi connectivity index (χ1) is 7.51.